The molecule has 4 rings (SSSR count). The van der Waals surface area contributed by atoms with Gasteiger partial charge in [0.2, 0.25) is 0 Å². The number of carbonyl (C=O) groups excluding carboxylic acids is 1. The van der Waals surface area contributed by atoms with Gasteiger partial charge in [0.15, 0.2) is 5.13 Å². The molecule has 0 saturated carbocycles. The van der Waals surface area contributed by atoms with Crippen molar-refractivity contribution in [1.29, 1.82) is 0 Å². The first-order valence-corrected chi connectivity index (χ1v) is 11.8. The SMILES string of the molecule is CC(C)(C)OC(=O)Nc1nc2c(-c3cccc(Cl)c3)cc(Cc3ccc(C(=O)O)cc3)cc2s1. The number of carboxylic acid groups (broad SMARTS) is 1. The molecule has 1 heterocycles. The number of aromatic nitrogens is 1. The van der Waals surface area contributed by atoms with Gasteiger partial charge >= 0.3 is 12.1 Å². The highest BCUT2D eigenvalue weighted by molar-refractivity contribution is 7.22. The van der Waals surface area contributed by atoms with E-state index in [4.69, 9.17) is 21.4 Å². The number of amides is 1. The summed E-state index contributed by atoms with van der Waals surface area (Å²) in [6.07, 6.45) is 0.0467. The first-order chi connectivity index (χ1) is 16.1. The number of thiazole rings is 1. The van der Waals surface area contributed by atoms with E-state index in [0.29, 0.717) is 16.6 Å². The minimum atomic E-state index is -0.953. The number of benzene rings is 3. The van der Waals surface area contributed by atoms with Crippen molar-refractivity contribution in [2.45, 2.75) is 32.8 Å². The van der Waals surface area contributed by atoms with Crippen LogP contribution in [0.3, 0.4) is 0 Å². The lowest BCUT2D eigenvalue weighted by Crippen LogP contribution is -2.27. The number of aromatic carboxylic acids is 1. The largest absolute Gasteiger partial charge is 0.478 e. The quantitative estimate of drug-likeness (QED) is 0.305. The summed E-state index contributed by atoms with van der Waals surface area (Å²) in [6.45, 7) is 5.41. The first kappa shape index (κ1) is 23.7. The summed E-state index contributed by atoms with van der Waals surface area (Å²) in [4.78, 5) is 28.1. The maximum absolute atomic E-state index is 12.3. The number of ether oxygens (including phenoxy) is 1. The highest BCUT2D eigenvalue weighted by atomic mass is 35.5. The number of fused-ring (bicyclic) bond motifs is 1. The number of nitrogens with one attached hydrogen (secondary N) is 1. The monoisotopic (exact) mass is 494 g/mol. The number of halogens is 1. The second-order valence-corrected chi connectivity index (χ2v) is 10.3. The lowest BCUT2D eigenvalue weighted by molar-refractivity contribution is 0.0634. The molecule has 4 aromatic rings. The maximum Gasteiger partial charge on any atom is 0.413 e. The van der Waals surface area contributed by atoms with Gasteiger partial charge in [-0.1, -0.05) is 47.2 Å². The van der Waals surface area contributed by atoms with Gasteiger partial charge in [-0.3, -0.25) is 5.32 Å². The summed E-state index contributed by atoms with van der Waals surface area (Å²) in [5.41, 5.74) is 4.20. The number of carboxylic acids is 1. The average molecular weight is 495 g/mol. The molecule has 1 amide bonds. The van der Waals surface area contributed by atoms with Gasteiger partial charge in [0.1, 0.15) is 5.60 Å². The molecule has 8 heteroatoms. The minimum Gasteiger partial charge on any atom is -0.478 e. The van der Waals surface area contributed by atoms with Crippen molar-refractivity contribution < 1.29 is 19.4 Å². The van der Waals surface area contributed by atoms with E-state index in [2.05, 4.69) is 16.4 Å². The van der Waals surface area contributed by atoms with Crippen LogP contribution in [0.2, 0.25) is 5.02 Å². The van der Waals surface area contributed by atoms with Crippen LogP contribution in [-0.4, -0.2) is 27.8 Å². The Balaban J connectivity index is 1.73. The van der Waals surface area contributed by atoms with E-state index in [1.165, 1.54) is 11.3 Å². The Labute approximate surface area is 206 Å². The third-order valence-corrected chi connectivity index (χ3v) is 6.06. The Morgan fingerprint density at radius 1 is 1.06 bits per heavy atom. The number of hydrogen-bond donors (Lipinski definition) is 2. The summed E-state index contributed by atoms with van der Waals surface area (Å²) in [6, 6.07) is 18.5. The van der Waals surface area contributed by atoms with Crippen molar-refractivity contribution in [2.75, 3.05) is 5.32 Å². The van der Waals surface area contributed by atoms with Crippen LogP contribution in [0.4, 0.5) is 9.93 Å². The van der Waals surface area contributed by atoms with E-state index in [-0.39, 0.29) is 5.56 Å². The number of nitrogens with zero attached hydrogens (tertiary/aromatic N) is 1. The molecular formula is C26H23ClN2O4S. The van der Waals surface area contributed by atoms with E-state index < -0.39 is 17.7 Å². The zero-order valence-electron chi connectivity index (χ0n) is 18.9. The van der Waals surface area contributed by atoms with Crippen molar-refractivity contribution in [2.24, 2.45) is 0 Å². The molecule has 6 nitrogen and oxygen atoms in total. The molecule has 0 atom stereocenters. The lowest BCUT2D eigenvalue weighted by atomic mass is 9.97. The molecule has 0 fully saturated rings. The summed E-state index contributed by atoms with van der Waals surface area (Å²) >= 11 is 7.61. The standard InChI is InChI=1S/C26H23ClN2O4S/c1-26(2,3)33-25(32)29-24-28-22-20(18-5-4-6-19(27)14-18)12-16(13-21(22)34-24)11-15-7-9-17(10-8-15)23(30)31/h4-10,12-14H,11H2,1-3H3,(H,30,31)(H,28,29,32). The maximum atomic E-state index is 12.3. The topological polar surface area (TPSA) is 88.5 Å². The number of carbonyl (C=O) groups is 2. The van der Waals surface area contributed by atoms with E-state index in [0.717, 1.165) is 32.5 Å². The van der Waals surface area contributed by atoms with Crippen molar-refractivity contribution in [3.05, 3.63) is 82.4 Å². The molecule has 0 spiro atoms. The van der Waals surface area contributed by atoms with Crippen LogP contribution in [0.5, 0.6) is 0 Å². The molecule has 2 N–H and O–H groups in total. The molecule has 0 aliphatic carbocycles. The second kappa shape index (κ2) is 9.44. The van der Waals surface area contributed by atoms with E-state index in [1.807, 2.05) is 42.5 Å². The van der Waals surface area contributed by atoms with Crippen LogP contribution in [0, 0.1) is 0 Å². The fraction of sp³-hybridized carbons (Fsp3) is 0.192. The lowest BCUT2D eigenvalue weighted by Gasteiger charge is -2.18. The third-order valence-electron chi connectivity index (χ3n) is 4.91. The van der Waals surface area contributed by atoms with Gasteiger partial charge in [-0.2, -0.15) is 0 Å². The van der Waals surface area contributed by atoms with Crippen molar-refractivity contribution in [3.63, 3.8) is 0 Å². The van der Waals surface area contributed by atoms with Gasteiger partial charge < -0.3 is 9.84 Å². The van der Waals surface area contributed by atoms with E-state index in [1.54, 1.807) is 32.9 Å². The summed E-state index contributed by atoms with van der Waals surface area (Å²) < 4.78 is 6.26. The summed E-state index contributed by atoms with van der Waals surface area (Å²) in [5.74, 6) is -0.953. The minimum absolute atomic E-state index is 0.249. The normalized spacial score (nSPS) is 11.4. The molecule has 0 radical (unpaired) electrons. The average Bonchev–Trinajstić information content (AvgIpc) is 3.14. The number of anilines is 1. The fourth-order valence-electron chi connectivity index (χ4n) is 3.51. The molecule has 0 saturated heterocycles. The Kier molecular flexibility index (Phi) is 6.59. The van der Waals surface area contributed by atoms with Crippen LogP contribution in [-0.2, 0) is 11.2 Å². The Morgan fingerprint density at radius 3 is 2.44 bits per heavy atom. The summed E-state index contributed by atoms with van der Waals surface area (Å²) in [5, 5.41) is 12.9. The van der Waals surface area contributed by atoms with Crippen molar-refractivity contribution in [1.82, 2.24) is 4.98 Å². The molecule has 0 aliphatic rings. The smallest absolute Gasteiger partial charge is 0.413 e. The van der Waals surface area contributed by atoms with Crippen molar-refractivity contribution in [3.8, 4) is 11.1 Å². The van der Waals surface area contributed by atoms with Gasteiger partial charge in [0.25, 0.3) is 0 Å². The zero-order valence-corrected chi connectivity index (χ0v) is 20.5. The molecule has 0 unspecified atom stereocenters. The highest BCUT2D eigenvalue weighted by Crippen LogP contribution is 2.36. The van der Waals surface area contributed by atoms with Gasteiger partial charge in [0, 0.05) is 10.6 Å². The van der Waals surface area contributed by atoms with Gasteiger partial charge in [-0.15, -0.1) is 0 Å². The van der Waals surface area contributed by atoms with Gasteiger partial charge in [-0.05, 0) is 80.3 Å². The fourth-order valence-corrected chi connectivity index (χ4v) is 4.64. The first-order valence-electron chi connectivity index (χ1n) is 10.6. The van der Waals surface area contributed by atoms with Crippen molar-refractivity contribution >= 4 is 50.3 Å². The highest BCUT2D eigenvalue weighted by Gasteiger charge is 2.19. The van der Waals surface area contributed by atoms with Crippen LogP contribution >= 0.6 is 22.9 Å². The summed E-state index contributed by atoms with van der Waals surface area (Å²) in [7, 11) is 0. The predicted molar refractivity (Wildman–Crippen MR) is 136 cm³/mol. The Morgan fingerprint density at radius 2 is 1.79 bits per heavy atom. The molecule has 0 aliphatic heterocycles. The van der Waals surface area contributed by atoms with Crippen LogP contribution in [0.15, 0.2) is 60.7 Å². The van der Waals surface area contributed by atoms with Crippen LogP contribution in [0.25, 0.3) is 21.3 Å². The van der Waals surface area contributed by atoms with Gasteiger partial charge in [0.05, 0.1) is 15.8 Å². The van der Waals surface area contributed by atoms with E-state index in [9.17, 15) is 9.59 Å². The molecular weight excluding hydrogens is 472 g/mol. The van der Waals surface area contributed by atoms with Crippen LogP contribution in [0.1, 0.15) is 42.3 Å². The molecule has 1 aromatic heterocycles. The Hall–Kier alpha value is -3.42. The molecule has 3 aromatic carbocycles. The zero-order chi connectivity index (χ0) is 24.5. The number of hydrogen-bond acceptors (Lipinski definition) is 5. The second-order valence-electron chi connectivity index (χ2n) is 8.83. The Bertz CT molecular complexity index is 1370. The molecule has 0 bridgehead atoms. The predicted octanol–water partition coefficient (Wildman–Crippen LogP) is 7.25. The van der Waals surface area contributed by atoms with Crippen LogP contribution < -0.4 is 5.32 Å². The van der Waals surface area contributed by atoms with E-state index >= 15 is 0 Å². The molecule has 34 heavy (non-hydrogen) atoms. The third kappa shape index (κ3) is 5.73. The molecule has 174 valence electrons. The van der Waals surface area contributed by atoms with Gasteiger partial charge in [-0.25, -0.2) is 14.6 Å². The number of rotatable bonds is 5.